The van der Waals surface area contributed by atoms with E-state index in [9.17, 15) is 15.3 Å². The second-order valence-corrected chi connectivity index (χ2v) is 13.6. The van der Waals surface area contributed by atoms with Crippen LogP contribution in [0, 0.1) is 23.2 Å². The Balaban J connectivity index is 1.24. The van der Waals surface area contributed by atoms with Crippen molar-refractivity contribution in [3.05, 3.63) is 65.5 Å². The number of unbranched alkanes of at least 4 members (excludes halogenated alkanes) is 2. The molecule has 40 heavy (non-hydrogen) atoms. The monoisotopic (exact) mass is 549 g/mol. The molecule has 0 radical (unpaired) electrons. The number of fused-ring (bicyclic) bond motifs is 1. The predicted octanol–water partition coefficient (Wildman–Crippen LogP) is 7.13. The number of nitrogens with zero attached hydrogens (tertiary/aromatic N) is 1. The molecule has 1 aromatic heterocycles. The third kappa shape index (κ3) is 5.84. The highest BCUT2D eigenvalue weighted by molar-refractivity contribution is 5.38. The fourth-order valence-corrected chi connectivity index (χ4v) is 8.18. The van der Waals surface area contributed by atoms with Gasteiger partial charge in [-0.2, -0.15) is 0 Å². The zero-order valence-electron chi connectivity index (χ0n) is 24.9. The Morgan fingerprint density at radius 1 is 1.15 bits per heavy atom. The maximum atomic E-state index is 11.3. The number of allylic oxidation sites excluding steroid dienone is 4. The molecule has 220 valence electrons. The van der Waals surface area contributed by atoms with Crippen molar-refractivity contribution in [2.45, 2.75) is 128 Å². The van der Waals surface area contributed by atoms with Crippen LogP contribution in [0.5, 0.6) is 0 Å². The lowest BCUT2D eigenvalue weighted by Gasteiger charge is -2.44. The second kappa shape index (κ2) is 12.1. The van der Waals surface area contributed by atoms with Gasteiger partial charge in [-0.3, -0.25) is 0 Å². The van der Waals surface area contributed by atoms with Gasteiger partial charge in [-0.15, -0.1) is 0 Å². The van der Waals surface area contributed by atoms with Crippen molar-refractivity contribution < 1.29 is 19.7 Å². The molecule has 1 aromatic rings. The molecule has 0 saturated heterocycles. The van der Waals surface area contributed by atoms with E-state index in [0.29, 0.717) is 36.5 Å². The van der Waals surface area contributed by atoms with E-state index in [4.69, 9.17) is 9.40 Å². The third-order valence-corrected chi connectivity index (χ3v) is 10.9. The van der Waals surface area contributed by atoms with Crippen molar-refractivity contribution in [1.82, 2.24) is 4.98 Å². The van der Waals surface area contributed by atoms with E-state index >= 15 is 0 Å². The van der Waals surface area contributed by atoms with Gasteiger partial charge in [-0.05, 0) is 98.5 Å². The molecule has 0 unspecified atom stereocenters. The van der Waals surface area contributed by atoms with E-state index < -0.39 is 18.3 Å². The Morgan fingerprint density at radius 2 is 1.95 bits per heavy atom. The Hall–Kier alpha value is -1.95. The topological polar surface area (TPSA) is 86.7 Å². The highest BCUT2D eigenvalue weighted by Gasteiger charge is 2.54. The van der Waals surface area contributed by atoms with E-state index in [1.54, 1.807) is 6.26 Å². The number of oxazole rings is 1. The number of rotatable bonds is 10. The van der Waals surface area contributed by atoms with Gasteiger partial charge in [0, 0.05) is 6.42 Å². The van der Waals surface area contributed by atoms with E-state index in [0.717, 1.165) is 48.9 Å². The summed E-state index contributed by atoms with van der Waals surface area (Å²) in [6, 6.07) is 0. The lowest BCUT2D eigenvalue weighted by atomic mass is 9.61. The zero-order valence-corrected chi connectivity index (χ0v) is 24.9. The Morgan fingerprint density at radius 3 is 2.70 bits per heavy atom. The molecule has 0 spiro atoms. The van der Waals surface area contributed by atoms with Crippen LogP contribution in [-0.2, 0) is 11.8 Å². The number of hydrogen-bond acceptors (Lipinski definition) is 5. The molecule has 4 aliphatic carbocycles. The molecule has 4 saturated carbocycles. The predicted molar refractivity (Wildman–Crippen MR) is 160 cm³/mol. The first kappa shape index (κ1) is 29.5. The summed E-state index contributed by atoms with van der Waals surface area (Å²) in [6.45, 7) is 11.1. The average molecular weight is 550 g/mol. The molecule has 0 bridgehead atoms. The van der Waals surface area contributed by atoms with Crippen molar-refractivity contribution in [3.8, 4) is 0 Å². The van der Waals surface area contributed by atoms with Crippen molar-refractivity contribution in [1.29, 1.82) is 0 Å². The molecule has 0 aliphatic heterocycles. The lowest BCUT2D eigenvalue weighted by molar-refractivity contribution is 0.0862. The number of aliphatic hydroxyl groups excluding tert-OH is 3. The molecule has 3 N–H and O–H groups in total. The minimum Gasteiger partial charge on any atom is -0.448 e. The highest BCUT2D eigenvalue weighted by Crippen LogP contribution is 2.60. The second-order valence-electron chi connectivity index (χ2n) is 13.6. The van der Waals surface area contributed by atoms with Crippen molar-refractivity contribution >= 4 is 0 Å². The van der Waals surface area contributed by atoms with Crippen LogP contribution in [0.15, 0.2) is 58.3 Å². The Labute approximate surface area is 241 Å². The summed E-state index contributed by atoms with van der Waals surface area (Å²) in [4.78, 5) is 4.77. The SMILES string of the molecule is C=C1/C(=C\C=C2/CCC[C@]3(C)[C@@H]([C@H](C)/C=C/[C@H](O)C4(c5nc(CCCCC)co5)CC4)CC[C@@H]23)C[C@@H](O)C[C@@H]1O. The van der Waals surface area contributed by atoms with E-state index in [1.165, 1.54) is 44.1 Å². The molecule has 5 rings (SSSR count). The fraction of sp³-hybridized carbons (Fsp3) is 0.686. The summed E-state index contributed by atoms with van der Waals surface area (Å²) in [7, 11) is 0. The van der Waals surface area contributed by atoms with Crippen molar-refractivity contribution in [3.63, 3.8) is 0 Å². The Bertz CT molecular complexity index is 1140. The van der Waals surface area contributed by atoms with Gasteiger partial charge in [0.15, 0.2) is 0 Å². The van der Waals surface area contributed by atoms with Crippen LogP contribution in [0.1, 0.15) is 109 Å². The summed E-state index contributed by atoms with van der Waals surface area (Å²) in [5.74, 6) is 2.24. The number of aromatic nitrogens is 1. The first-order valence-corrected chi connectivity index (χ1v) is 15.9. The van der Waals surface area contributed by atoms with Gasteiger partial charge in [-0.1, -0.05) is 70.1 Å². The van der Waals surface area contributed by atoms with Crippen LogP contribution in [-0.4, -0.2) is 38.6 Å². The van der Waals surface area contributed by atoms with Gasteiger partial charge in [0.1, 0.15) is 6.26 Å². The Kier molecular flexibility index (Phi) is 8.94. The van der Waals surface area contributed by atoms with Crippen molar-refractivity contribution in [2.24, 2.45) is 23.2 Å². The number of aryl methyl sites for hydroxylation is 1. The first-order chi connectivity index (χ1) is 19.2. The summed E-state index contributed by atoms with van der Waals surface area (Å²) >= 11 is 0. The smallest absolute Gasteiger partial charge is 0.203 e. The lowest BCUT2D eigenvalue weighted by Crippen LogP contribution is -2.35. The third-order valence-electron chi connectivity index (χ3n) is 10.9. The van der Waals surface area contributed by atoms with Gasteiger partial charge in [0.25, 0.3) is 0 Å². The standard InChI is InChI=1S/C35H51NO4/c1-5-6-7-10-27-22-40-33(36-27)35(18-19-35)32(39)16-11-23(2)29-14-15-30-25(9-8-17-34(29,30)4)12-13-26-20-28(37)21-31(38)24(26)3/h11-13,16,22-23,28-32,37-39H,3,5-10,14-15,17-21H2,1-2,4H3/b16-11+,25-12+,26-13-/t23-,28-,29-,30+,31+,32+,34-/m1/s1. The summed E-state index contributed by atoms with van der Waals surface area (Å²) in [6.07, 6.45) is 22.0. The highest BCUT2D eigenvalue weighted by atomic mass is 16.3. The van der Waals surface area contributed by atoms with Gasteiger partial charge in [0.2, 0.25) is 5.89 Å². The largest absolute Gasteiger partial charge is 0.448 e. The van der Waals surface area contributed by atoms with Gasteiger partial charge < -0.3 is 19.7 Å². The quantitative estimate of drug-likeness (QED) is 0.213. The molecule has 5 nitrogen and oxygen atoms in total. The van der Waals surface area contributed by atoms with Crippen LogP contribution in [0.2, 0.25) is 0 Å². The van der Waals surface area contributed by atoms with Crippen molar-refractivity contribution in [2.75, 3.05) is 0 Å². The van der Waals surface area contributed by atoms with E-state index in [1.807, 2.05) is 6.08 Å². The van der Waals surface area contributed by atoms with Crippen LogP contribution in [0.3, 0.4) is 0 Å². The maximum absolute atomic E-state index is 11.3. The van der Waals surface area contributed by atoms with Gasteiger partial charge in [-0.25, -0.2) is 4.98 Å². The van der Waals surface area contributed by atoms with Crippen LogP contribution < -0.4 is 0 Å². The molecule has 4 aliphatic rings. The molecular formula is C35H51NO4. The molecule has 1 heterocycles. The molecule has 7 atom stereocenters. The van der Waals surface area contributed by atoms with Crippen LogP contribution in [0.25, 0.3) is 0 Å². The summed E-state index contributed by atoms with van der Waals surface area (Å²) < 4.78 is 5.88. The molecule has 4 fully saturated rings. The van der Waals surface area contributed by atoms with Gasteiger partial charge in [0.05, 0.1) is 29.4 Å². The maximum Gasteiger partial charge on any atom is 0.203 e. The summed E-state index contributed by atoms with van der Waals surface area (Å²) in [5.41, 5.74) is 4.17. The van der Waals surface area contributed by atoms with Crippen LogP contribution in [0.4, 0.5) is 0 Å². The number of hydrogen-bond donors (Lipinski definition) is 3. The van der Waals surface area contributed by atoms with Crippen LogP contribution >= 0.6 is 0 Å². The molecule has 0 aromatic carbocycles. The number of aliphatic hydroxyl groups is 3. The summed E-state index contributed by atoms with van der Waals surface area (Å²) in [5, 5.41) is 31.6. The van der Waals surface area contributed by atoms with E-state index in [2.05, 4.69) is 45.6 Å². The minimum absolute atomic E-state index is 0.243. The normalized spacial score (nSPS) is 35.4. The average Bonchev–Trinajstić information content (AvgIpc) is 3.46. The molecule has 0 amide bonds. The zero-order chi connectivity index (χ0) is 28.5. The molecule has 5 heteroatoms. The minimum atomic E-state index is -0.643. The van der Waals surface area contributed by atoms with Gasteiger partial charge >= 0.3 is 0 Å². The molecular weight excluding hydrogens is 498 g/mol. The fourth-order valence-electron chi connectivity index (χ4n) is 8.18. The van der Waals surface area contributed by atoms with E-state index in [-0.39, 0.29) is 10.8 Å². The first-order valence-electron chi connectivity index (χ1n) is 15.9.